The van der Waals surface area contributed by atoms with Crippen molar-refractivity contribution in [2.45, 2.75) is 26.9 Å². The molecule has 7 nitrogen and oxygen atoms in total. The smallest absolute Gasteiger partial charge is 0.340 e. The second-order valence-corrected chi connectivity index (χ2v) is 8.96. The molecule has 0 saturated heterocycles. The fraction of sp³-hybridized carbons (Fsp3) is 0.133. The van der Waals surface area contributed by atoms with E-state index in [0.717, 1.165) is 11.4 Å². The number of rotatable bonds is 5. The van der Waals surface area contributed by atoms with Crippen molar-refractivity contribution in [3.8, 4) is 5.69 Å². The molecule has 0 saturated carbocycles. The largest absolute Gasteiger partial charge is 0.449 e. The first-order valence-electron chi connectivity index (χ1n) is 11.8. The highest BCUT2D eigenvalue weighted by Crippen LogP contribution is 2.29. The number of hydrogen-bond donors (Lipinski definition) is 1. The molecule has 0 fully saturated rings. The molecule has 1 aliphatic rings. The Kier molecular flexibility index (Phi) is 6.05. The maximum Gasteiger partial charge on any atom is 0.340 e. The lowest BCUT2D eigenvalue weighted by molar-refractivity contribution is -0.123. The molecule has 4 aromatic rings. The first-order chi connectivity index (χ1) is 17.8. The monoisotopic (exact) mass is 492 g/mol. The maximum atomic E-state index is 13.0. The summed E-state index contributed by atoms with van der Waals surface area (Å²) < 4.78 is 7.42. The second kappa shape index (κ2) is 9.35. The minimum atomic E-state index is -1.10. The third-order valence-electron chi connectivity index (χ3n) is 6.51. The number of nitrogens with zero attached hydrogens (tertiary/aromatic N) is 1. The zero-order valence-corrected chi connectivity index (χ0v) is 20.6. The molecule has 1 aromatic heterocycles. The Morgan fingerprint density at radius 1 is 0.784 bits per heavy atom. The van der Waals surface area contributed by atoms with Crippen LogP contribution in [0.3, 0.4) is 0 Å². The number of para-hydroxylation sites is 1. The average molecular weight is 493 g/mol. The van der Waals surface area contributed by atoms with E-state index in [0.29, 0.717) is 28.1 Å². The van der Waals surface area contributed by atoms with Gasteiger partial charge in [-0.05, 0) is 57.2 Å². The molecule has 1 atom stereocenters. The number of esters is 1. The predicted molar refractivity (Wildman–Crippen MR) is 138 cm³/mol. The van der Waals surface area contributed by atoms with Crippen molar-refractivity contribution in [1.29, 1.82) is 0 Å². The molecule has 1 amide bonds. The molecule has 3 aromatic carbocycles. The molecule has 0 bridgehead atoms. The number of carbonyl (C=O) groups is 4. The van der Waals surface area contributed by atoms with E-state index < -0.39 is 18.0 Å². The number of benzene rings is 3. The van der Waals surface area contributed by atoms with Gasteiger partial charge >= 0.3 is 5.97 Å². The van der Waals surface area contributed by atoms with Gasteiger partial charge in [-0.15, -0.1) is 0 Å². The van der Waals surface area contributed by atoms with Gasteiger partial charge in [-0.1, -0.05) is 42.5 Å². The third-order valence-corrected chi connectivity index (χ3v) is 6.51. The molecule has 37 heavy (non-hydrogen) atoms. The summed E-state index contributed by atoms with van der Waals surface area (Å²) in [6.07, 6.45) is -1.10. The van der Waals surface area contributed by atoms with Crippen LogP contribution in [0.5, 0.6) is 0 Å². The number of ketones is 2. The van der Waals surface area contributed by atoms with Gasteiger partial charge in [-0.3, -0.25) is 14.4 Å². The van der Waals surface area contributed by atoms with Crippen LogP contribution in [0.4, 0.5) is 5.69 Å². The maximum absolute atomic E-state index is 13.0. The van der Waals surface area contributed by atoms with Gasteiger partial charge in [-0.2, -0.15) is 0 Å². The lowest BCUT2D eigenvalue weighted by atomic mass is 9.84. The summed E-state index contributed by atoms with van der Waals surface area (Å²) in [4.78, 5) is 51.5. The van der Waals surface area contributed by atoms with Crippen molar-refractivity contribution < 1.29 is 23.9 Å². The molecule has 0 spiro atoms. The summed E-state index contributed by atoms with van der Waals surface area (Å²) >= 11 is 0. The summed E-state index contributed by atoms with van der Waals surface area (Å²) in [6, 6.07) is 22.6. The van der Waals surface area contributed by atoms with Crippen LogP contribution in [-0.4, -0.2) is 34.1 Å². The van der Waals surface area contributed by atoms with Gasteiger partial charge in [0.1, 0.15) is 0 Å². The fourth-order valence-electron chi connectivity index (χ4n) is 4.64. The zero-order valence-electron chi connectivity index (χ0n) is 20.6. The SMILES string of the molecule is Cc1cc(C(=O)OC(C)C(=O)Nc2ccc3c(c2)C(=O)c2ccccc2C3=O)c(C)n1-c1ccccc1. The van der Waals surface area contributed by atoms with Crippen molar-refractivity contribution in [2.75, 3.05) is 5.32 Å². The van der Waals surface area contributed by atoms with E-state index >= 15 is 0 Å². The number of aromatic nitrogens is 1. The van der Waals surface area contributed by atoms with Gasteiger partial charge < -0.3 is 14.6 Å². The minimum Gasteiger partial charge on any atom is -0.449 e. The van der Waals surface area contributed by atoms with Crippen LogP contribution in [-0.2, 0) is 9.53 Å². The zero-order chi connectivity index (χ0) is 26.3. The Bertz CT molecular complexity index is 1580. The molecule has 184 valence electrons. The highest BCUT2D eigenvalue weighted by Gasteiger charge is 2.30. The molecule has 1 heterocycles. The Labute approximate surface area is 213 Å². The fourth-order valence-corrected chi connectivity index (χ4v) is 4.64. The van der Waals surface area contributed by atoms with E-state index in [1.54, 1.807) is 36.4 Å². The molecule has 5 rings (SSSR count). The van der Waals surface area contributed by atoms with Gasteiger partial charge in [0.25, 0.3) is 5.91 Å². The lowest BCUT2D eigenvalue weighted by Gasteiger charge is -2.19. The minimum absolute atomic E-state index is 0.222. The Hall–Kier alpha value is -4.78. The summed E-state index contributed by atoms with van der Waals surface area (Å²) in [5, 5.41) is 2.68. The second-order valence-electron chi connectivity index (χ2n) is 8.96. The normalized spacial score (nSPS) is 12.9. The number of hydrogen-bond acceptors (Lipinski definition) is 5. The first kappa shape index (κ1) is 23.9. The molecular formula is C30H24N2O5. The number of aryl methyl sites for hydroxylation is 1. The van der Waals surface area contributed by atoms with Crippen LogP contribution in [0, 0.1) is 13.8 Å². The van der Waals surface area contributed by atoms with Gasteiger partial charge in [0.2, 0.25) is 0 Å². The number of nitrogens with one attached hydrogen (secondary N) is 1. The van der Waals surface area contributed by atoms with Crippen LogP contribution in [0.1, 0.15) is 60.5 Å². The predicted octanol–water partition coefficient (Wildman–Crippen LogP) is 5.05. The highest BCUT2D eigenvalue weighted by atomic mass is 16.5. The van der Waals surface area contributed by atoms with Crippen molar-refractivity contribution >= 4 is 29.1 Å². The van der Waals surface area contributed by atoms with E-state index in [1.165, 1.54) is 19.1 Å². The lowest BCUT2D eigenvalue weighted by Crippen LogP contribution is -2.30. The molecule has 0 radical (unpaired) electrons. The number of ether oxygens (including phenoxy) is 1. The van der Waals surface area contributed by atoms with Gasteiger partial charge in [-0.25, -0.2) is 4.79 Å². The Balaban J connectivity index is 1.31. The molecule has 0 aliphatic heterocycles. The van der Waals surface area contributed by atoms with Crippen molar-refractivity contribution in [2.24, 2.45) is 0 Å². The summed E-state index contributed by atoms with van der Waals surface area (Å²) in [6.45, 7) is 5.20. The topological polar surface area (TPSA) is 94.5 Å². The van der Waals surface area contributed by atoms with Crippen LogP contribution in [0.2, 0.25) is 0 Å². The molecule has 7 heteroatoms. The van der Waals surface area contributed by atoms with Crippen LogP contribution in [0.25, 0.3) is 5.69 Å². The first-order valence-corrected chi connectivity index (χ1v) is 11.8. The van der Waals surface area contributed by atoms with E-state index in [2.05, 4.69) is 5.32 Å². The van der Waals surface area contributed by atoms with Gasteiger partial charge in [0.05, 0.1) is 5.56 Å². The molecular weight excluding hydrogens is 468 g/mol. The van der Waals surface area contributed by atoms with Crippen molar-refractivity contribution in [3.63, 3.8) is 0 Å². The van der Waals surface area contributed by atoms with Crippen LogP contribution < -0.4 is 5.32 Å². The Morgan fingerprint density at radius 2 is 1.38 bits per heavy atom. The summed E-state index contributed by atoms with van der Waals surface area (Å²) in [5.74, 6) is -1.69. The number of anilines is 1. The van der Waals surface area contributed by atoms with Crippen molar-refractivity contribution in [1.82, 2.24) is 4.57 Å². The number of carbonyl (C=O) groups excluding carboxylic acids is 4. The standard InChI is InChI=1S/C30H24N2O5/c1-17-15-25(18(2)32(17)21-9-5-4-6-10-21)30(36)37-19(3)29(35)31-20-13-14-24-26(16-20)28(34)23-12-8-7-11-22(23)27(24)33/h4-16,19H,1-3H3,(H,31,35). The molecule has 1 unspecified atom stereocenters. The Morgan fingerprint density at radius 3 is 2.05 bits per heavy atom. The molecule has 1 aliphatic carbocycles. The third kappa shape index (κ3) is 4.25. The van der Waals surface area contributed by atoms with E-state index in [-0.39, 0.29) is 22.7 Å². The van der Waals surface area contributed by atoms with Crippen LogP contribution in [0.15, 0.2) is 78.9 Å². The quantitative estimate of drug-likeness (QED) is 0.347. The van der Waals surface area contributed by atoms with Gasteiger partial charge in [0, 0.05) is 45.0 Å². The van der Waals surface area contributed by atoms with E-state index in [9.17, 15) is 19.2 Å². The van der Waals surface area contributed by atoms with E-state index in [4.69, 9.17) is 4.74 Å². The summed E-state index contributed by atoms with van der Waals surface area (Å²) in [7, 11) is 0. The average Bonchev–Trinajstić information content (AvgIpc) is 3.21. The van der Waals surface area contributed by atoms with Gasteiger partial charge in [0.15, 0.2) is 17.7 Å². The molecule has 1 N–H and O–H groups in total. The van der Waals surface area contributed by atoms with Crippen LogP contribution >= 0.6 is 0 Å². The highest BCUT2D eigenvalue weighted by molar-refractivity contribution is 6.28. The van der Waals surface area contributed by atoms with E-state index in [1.807, 2.05) is 48.7 Å². The summed E-state index contributed by atoms with van der Waals surface area (Å²) in [5.41, 5.74) is 4.40. The number of fused-ring (bicyclic) bond motifs is 2. The number of amides is 1. The van der Waals surface area contributed by atoms with Crippen molar-refractivity contribution in [3.05, 3.63) is 118 Å².